The number of hydrogen-bond donors (Lipinski definition) is 0. The molecule has 1 saturated heterocycles. The quantitative estimate of drug-likeness (QED) is 0.856. The summed E-state index contributed by atoms with van der Waals surface area (Å²) in [5.41, 5.74) is 1.80. The van der Waals surface area contributed by atoms with Crippen molar-refractivity contribution in [2.45, 2.75) is 25.4 Å². The molecule has 0 aliphatic carbocycles. The summed E-state index contributed by atoms with van der Waals surface area (Å²) >= 11 is 0. The van der Waals surface area contributed by atoms with Crippen LogP contribution in [0.25, 0.3) is 0 Å². The van der Waals surface area contributed by atoms with E-state index in [9.17, 15) is 0 Å². The zero-order valence-electron chi connectivity index (χ0n) is 12.2. The van der Waals surface area contributed by atoms with Gasteiger partial charge in [-0.3, -0.25) is 0 Å². The van der Waals surface area contributed by atoms with Crippen LogP contribution in [0, 0.1) is 0 Å². The minimum absolute atomic E-state index is 0.292. The van der Waals surface area contributed by atoms with E-state index in [1.54, 1.807) is 0 Å². The fraction of sp³-hybridized carbons (Fsp3) is 0.333. The van der Waals surface area contributed by atoms with Crippen LogP contribution in [0.15, 0.2) is 60.7 Å². The molecule has 0 spiro atoms. The monoisotopic (exact) mass is 284 g/mol. The van der Waals surface area contributed by atoms with Gasteiger partial charge in [-0.15, -0.1) is 0 Å². The first-order valence-corrected chi connectivity index (χ1v) is 7.21. The maximum absolute atomic E-state index is 5.99. The SMILES string of the molecule is CC1(OCc2ccccc2)COC(c2ccccc2)OC1. The molecule has 3 heteroatoms. The Morgan fingerprint density at radius 3 is 2.14 bits per heavy atom. The fourth-order valence-corrected chi connectivity index (χ4v) is 2.31. The van der Waals surface area contributed by atoms with Crippen LogP contribution in [0.2, 0.25) is 0 Å². The minimum Gasteiger partial charge on any atom is -0.366 e. The molecule has 2 aromatic carbocycles. The van der Waals surface area contributed by atoms with Crippen molar-refractivity contribution in [2.24, 2.45) is 0 Å². The van der Waals surface area contributed by atoms with Crippen molar-refractivity contribution >= 4 is 0 Å². The average molecular weight is 284 g/mol. The van der Waals surface area contributed by atoms with Gasteiger partial charge in [0.1, 0.15) is 5.60 Å². The molecule has 3 rings (SSSR count). The van der Waals surface area contributed by atoms with Gasteiger partial charge in [-0.05, 0) is 12.5 Å². The van der Waals surface area contributed by atoms with Crippen molar-refractivity contribution in [1.29, 1.82) is 0 Å². The van der Waals surface area contributed by atoms with E-state index in [0.29, 0.717) is 19.8 Å². The molecule has 0 bridgehead atoms. The number of rotatable bonds is 4. The van der Waals surface area contributed by atoms with Crippen LogP contribution >= 0.6 is 0 Å². The summed E-state index contributed by atoms with van der Waals surface area (Å²) in [6.45, 7) is 3.65. The maximum atomic E-state index is 5.99. The van der Waals surface area contributed by atoms with Gasteiger partial charge in [0.15, 0.2) is 6.29 Å². The summed E-state index contributed by atoms with van der Waals surface area (Å²) < 4.78 is 17.6. The van der Waals surface area contributed by atoms with Crippen molar-refractivity contribution in [2.75, 3.05) is 13.2 Å². The second-order valence-electron chi connectivity index (χ2n) is 5.59. The van der Waals surface area contributed by atoms with Gasteiger partial charge in [0, 0.05) is 5.56 Å². The summed E-state index contributed by atoms with van der Waals surface area (Å²) in [4.78, 5) is 0. The van der Waals surface area contributed by atoms with E-state index in [-0.39, 0.29) is 6.29 Å². The molecule has 110 valence electrons. The minimum atomic E-state index is -0.402. The molecule has 21 heavy (non-hydrogen) atoms. The molecule has 0 amide bonds. The summed E-state index contributed by atoms with van der Waals surface area (Å²) in [6.07, 6.45) is -0.292. The third-order valence-corrected chi connectivity index (χ3v) is 3.58. The molecule has 1 heterocycles. The van der Waals surface area contributed by atoms with Gasteiger partial charge in [0.05, 0.1) is 19.8 Å². The van der Waals surface area contributed by atoms with Crippen molar-refractivity contribution in [3.8, 4) is 0 Å². The molecule has 0 N–H and O–H groups in total. The lowest BCUT2D eigenvalue weighted by Crippen LogP contribution is -2.44. The van der Waals surface area contributed by atoms with Crippen molar-refractivity contribution in [3.63, 3.8) is 0 Å². The number of hydrogen-bond acceptors (Lipinski definition) is 3. The van der Waals surface area contributed by atoms with Crippen LogP contribution in [0.3, 0.4) is 0 Å². The summed E-state index contributed by atoms with van der Waals surface area (Å²) in [7, 11) is 0. The van der Waals surface area contributed by atoms with E-state index >= 15 is 0 Å². The zero-order chi connectivity index (χ0) is 14.5. The first-order valence-electron chi connectivity index (χ1n) is 7.21. The lowest BCUT2D eigenvalue weighted by molar-refractivity contribution is -0.267. The zero-order valence-corrected chi connectivity index (χ0v) is 12.2. The molecule has 0 aromatic heterocycles. The predicted octanol–water partition coefficient (Wildman–Crippen LogP) is 3.71. The Bertz CT molecular complexity index is 545. The van der Waals surface area contributed by atoms with Gasteiger partial charge < -0.3 is 14.2 Å². The van der Waals surface area contributed by atoms with Crippen molar-refractivity contribution in [1.82, 2.24) is 0 Å². The Labute approximate surface area is 125 Å². The Morgan fingerprint density at radius 2 is 1.52 bits per heavy atom. The molecule has 0 atom stereocenters. The molecule has 0 unspecified atom stereocenters. The van der Waals surface area contributed by atoms with E-state index < -0.39 is 5.60 Å². The van der Waals surface area contributed by atoms with E-state index in [2.05, 4.69) is 12.1 Å². The normalized spacial score (nSPS) is 25.7. The molecule has 0 radical (unpaired) electrons. The van der Waals surface area contributed by atoms with Crippen LogP contribution in [-0.2, 0) is 20.8 Å². The molecule has 1 aliphatic rings. The summed E-state index contributed by atoms with van der Waals surface area (Å²) in [6, 6.07) is 20.1. The van der Waals surface area contributed by atoms with Crippen LogP contribution in [0.4, 0.5) is 0 Å². The molecule has 1 fully saturated rings. The molecule has 1 aliphatic heterocycles. The van der Waals surface area contributed by atoms with E-state index in [0.717, 1.165) is 11.1 Å². The van der Waals surface area contributed by atoms with Crippen molar-refractivity contribution < 1.29 is 14.2 Å². The van der Waals surface area contributed by atoms with Gasteiger partial charge in [-0.25, -0.2) is 0 Å². The van der Waals surface area contributed by atoms with Crippen LogP contribution in [-0.4, -0.2) is 18.8 Å². The Kier molecular flexibility index (Phi) is 4.34. The highest BCUT2D eigenvalue weighted by Crippen LogP contribution is 2.29. The summed E-state index contributed by atoms with van der Waals surface area (Å²) in [5, 5.41) is 0. The first-order chi connectivity index (χ1) is 10.3. The molecule has 0 saturated carbocycles. The van der Waals surface area contributed by atoms with Crippen molar-refractivity contribution in [3.05, 3.63) is 71.8 Å². The van der Waals surface area contributed by atoms with Gasteiger partial charge in [-0.1, -0.05) is 60.7 Å². The van der Waals surface area contributed by atoms with Gasteiger partial charge >= 0.3 is 0 Å². The average Bonchev–Trinajstić information content (AvgIpc) is 2.56. The third kappa shape index (κ3) is 3.70. The van der Waals surface area contributed by atoms with E-state index in [4.69, 9.17) is 14.2 Å². The topological polar surface area (TPSA) is 27.7 Å². The maximum Gasteiger partial charge on any atom is 0.184 e. The highest BCUT2D eigenvalue weighted by Gasteiger charge is 2.34. The molecular formula is C18H20O3. The Balaban J connectivity index is 1.54. The first kappa shape index (κ1) is 14.3. The smallest absolute Gasteiger partial charge is 0.184 e. The fourth-order valence-electron chi connectivity index (χ4n) is 2.31. The third-order valence-electron chi connectivity index (χ3n) is 3.58. The second kappa shape index (κ2) is 6.39. The molecule has 3 nitrogen and oxygen atoms in total. The van der Waals surface area contributed by atoms with Crippen LogP contribution < -0.4 is 0 Å². The standard InChI is InChI=1S/C18H20O3/c1-18(21-12-15-8-4-2-5-9-15)13-19-17(20-14-18)16-10-6-3-7-11-16/h2-11,17H,12-14H2,1H3. The second-order valence-corrected chi connectivity index (χ2v) is 5.59. The van der Waals surface area contributed by atoms with Gasteiger partial charge in [-0.2, -0.15) is 0 Å². The van der Waals surface area contributed by atoms with Gasteiger partial charge in [0.25, 0.3) is 0 Å². The highest BCUT2D eigenvalue weighted by atomic mass is 16.7. The van der Waals surface area contributed by atoms with Gasteiger partial charge in [0.2, 0.25) is 0 Å². The largest absolute Gasteiger partial charge is 0.366 e. The Hall–Kier alpha value is -1.68. The highest BCUT2D eigenvalue weighted by molar-refractivity contribution is 5.16. The number of ether oxygens (including phenoxy) is 3. The van der Waals surface area contributed by atoms with E-state index in [1.165, 1.54) is 0 Å². The number of benzene rings is 2. The Morgan fingerprint density at radius 1 is 0.952 bits per heavy atom. The lowest BCUT2D eigenvalue weighted by Gasteiger charge is -2.37. The lowest BCUT2D eigenvalue weighted by atomic mass is 10.1. The summed E-state index contributed by atoms with van der Waals surface area (Å²) in [5.74, 6) is 0. The molecule has 2 aromatic rings. The van der Waals surface area contributed by atoms with Crippen LogP contribution in [0.1, 0.15) is 24.3 Å². The van der Waals surface area contributed by atoms with Crippen LogP contribution in [0.5, 0.6) is 0 Å². The predicted molar refractivity (Wildman–Crippen MR) is 80.7 cm³/mol. The molecular weight excluding hydrogens is 264 g/mol. The van der Waals surface area contributed by atoms with E-state index in [1.807, 2.05) is 55.5 Å².